The zero-order chi connectivity index (χ0) is 16.6. The van der Waals surface area contributed by atoms with Gasteiger partial charge in [-0.05, 0) is 23.7 Å². The Morgan fingerprint density at radius 1 is 1.05 bits per heavy atom. The second-order valence-corrected chi connectivity index (χ2v) is 4.26. The molecule has 1 unspecified atom stereocenters. The van der Waals surface area contributed by atoms with Crippen LogP contribution in [0.1, 0.15) is 5.56 Å². The second kappa shape index (κ2) is 5.39. The van der Waals surface area contributed by atoms with Gasteiger partial charge in [0.15, 0.2) is 0 Å². The smallest absolute Gasteiger partial charge is 0.433 e. The van der Waals surface area contributed by atoms with Crippen molar-refractivity contribution in [3.8, 4) is 5.75 Å². The largest absolute Gasteiger partial charge is 0.434 e. The van der Waals surface area contributed by atoms with Crippen LogP contribution in [0.2, 0.25) is 0 Å². The van der Waals surface area contributed by atoms with E-state index in [1.165, 1.54) is 0 Å². The normalized spacial score (nSPS) is 15.9. The number of ether oxygens (including phenoxy) is 1. The number of nitrogens with two attached hydrogens (primary N) is 1. The first kappa shape index (κ1) is 17.6. The minimum Gasteiger partial charge on any atom is -0.433 e. The van der Waals surface area contributed by atoms with Gasteiger partial charge in [-0.3, -0.25) is 0 Å². The monoisotopic (exact) mass is 343 g/mol. The maximum Gasteiger partial charge on any atom is 0.434 e. The number of hydrogen-bond donors (Lipinski definition) is 1. The van der Waals surface area contributed by atoms with Crippen LogP contribution in [0.25, 0.3) is 0 Å². The molecule has 0 bridgehead atoms. The Morgan fingerprint density at radius 3 is 1.95 bits per heavy atom. The van der Waals surface area contributed by atoms with Crippen LogP contribution in [0.4, 0.5) is 40.8 Å². The molecule has 0 aliphatic carbocycles. The van der Waals surface area contributed by atoms with Crippen molar-refractivity contribution in [2.45, 2.75) is 23.8 Å². The lowest BCUT2D eigenvalue weighted by Gasteiger charge is -2.31. The van der Waals surface area contributed by atoms with Crippen molar-refractivity contribution < 1.29 is 39.9 Å². The third-order valence-corrected chi connectivity index (χ3v) is 2.67. The van der Waals surface area contributed by atoms with Crippen LogP contribution in [0, 0.1) is 0 Å². The molecule has 0 aliphatic heterocycles. The first-order valence-corrected chi connectivity index (χ1v) is 5.35. The molecule has 0 spiro atoms. The zero-order valence-corrected chi connectivity index (χ0v) is 10.5. The van der Waals surface area contributed by atoms with Gasteiger partial charge in [-0.25, -0.2) is 4.39 Å². The molecule has 0 heterocycles. The van der Waals surface area contributed by atoms with Gasteiger partial charge in [0.1, 0.15) is 5.75 Å². The Morgan fingerprint density at radius 2 is 1.57 bits per heavy atom. The van der Waals surface area contributed by atoms with Gasteiger partial charge >= 0.3 is 23.8 Å². The van der Waals surface area contributed by atoms with E-state index in [9.17, 15) is 35.1 Å². The fourth-order valence-corrected chi connectivity index (χ4v) is 1.65. The summed E-state index contributed by atoms with van der Waals surface area (Å²) in [7, 11) is 0. The van der Waals surface area contributed by atoms with E-state index in [4.69, 9.17) is 5.73 Å². The minimum absolute atomic E-state index is 0.00866. The summed E-state index contributed by atoms with van der Waals surface area (Å²) < 4.78 is 105. The molecule has 0 amide bonds. The van der Waals surface area contributed by atoms with Gasteiger partial charge in [0.2, 0.25) is 0 Å². The van der Waals surface area contributed by atoms with Crippen molar-refractivity contribution in [1.29, 1.82) is 0 Å². The summed E-state index contributed by atoms with van der Waals surface area (Å²) in [6, 6.07) is 0.748. The average molecular weight is 344 g/mol. The summed E-state index contributed by atoms with van der Waals surface area (Å²) in [5.41, 5.74) is -2.51. The number of hydrogen-bond acceptors (Lipinski definition) is 2. The lowest BCUT2D eigenvalue weighted by molar-refractivity contribution is -0.286. The van der Waals surface area contributed by atoms with E-state index in [0.717, 1.165) is 0 Å². The minimum atomic E-state index is -6.11. The molecular weight excluding hydrogens is 338 g/mol. The number of rotatable bonds is 4. The molecule has 11 heteroatoms. The predicted octanol–water partition coefficient (Wildman–Crippen LogP) is 4.43. The van der Waals surface area contributed by atoms with Crippen molar-refractivity contribution >= 4 is 17.3 Å². The van der Waals surface area contributed by atoms with Gasteiger partial charge in [-0.1, -0.05) is 6.07 Å². The van der Waals surface area contributed by atoms with Gasteiger partial charge in [-0.2, -0.15) is 30.7 Å². The predicted molar refractivity (Wildman–Crippen MR) is 57.1 cm³/mol. The Balaban J connectivity index is 3.48. The average Bonchev–Trinajstić information content (AvgIpc) is 2.27. The van der Waals surface area contributed by atoms with E-state index in [-0.39, 0.29) is 12.1 Å². The van der Waals surface area contributed by atoms with Gasteiger partial charge in [-0.15, -0.1) is 0 Å². The van der Waals surface area contributed by atoms with Crippen LogP contribution < -0.4 is 10.5 Å². The van der Waals surface area contributed by atoms with E-state index < -0.39 is 40.8 Å². The Labute approximate surface area is 117 Å². The van der Waals surface area contributed by atoms with Gasteiger partial charge in [0.25, 0.3) is 0 Å². The van der Waals surface area contributed by atoms with Crippen molar-refractivity contribution in [3.05, 3.63) is 23.8 Å². The molecule has 0 radical (unpaired) electrons. The van der Waals surface area contributed by atoms with Crippen molar-refractivity contribution in [1.82, 2.24) is 0 Å². The summed E-state index contributed by atoms with van der Waals surface area (Å²) >= 11 is 4.21. The second-order valence-electron chi connectivity index (χ2n) is 3.79. The first-order valence-electron chi connectivity index (χ1n) is 4.98. The Hall–Kier alpha value is -1.45. The maximum absolute atomic E-state index is 13.9. The number of alkyl halides is 9. The van der Waals surface area contributed by atoms with Gasteiger partial charge in [0, 0.05) is 5.56 Å². The lowest BCUT2D eigenvalue weighted by atomic mass is 9.94. The number of anilines is 1. The molecule has 21 heavy (non-hydrogen) atoms. The first-order chi connectivity index (χ1) is 9.30. The van der Waals surface area contributed by atoms with Gasteiger partial charge in [0.05, 0.1) is 5.69 Å². The molecule has 2 nitrogen and oxygen atoms in total. The lowest BCUT2D eigenvalue weighted by Crippen LogP contribution is -2.49. The molecule has 2 N–H and O–H groups in total. The molecule has 0 saturated heterocycles. The quantitative estimate of drug-likeness (QED) is 0.499. The topological polar surface area (TPSA) is 35.2 Å². The fraction of sp³-hybridized carbons (Fsp3) is 0.400. The highest BCUT2D eigenvalue weighted by Gasteiger charge is 2.71. The molecule has 1 atom stereocenters. The van der Waals surface area contributed by atoms with Crippen LogP contribution in [0.15, 0.2) is 18.2 Å². The van der Waals surface area contributed by atoms with E-state index in [0.29, 0.717) is 6.07 Å². The maximum atomic E-state index is 13.9. The van der Waals surface area contributed by atoms with Crippen molar-refractivity contribution in [2.24, 2.45) is 0 Å². The molecular formula is C10H6ClF8NO. The summed E-state index contributed by atoms with van der Waals surface area (Å²) in [6.45, 7) is -3.50. The van der Waals surface area contributed by atoms with E-state index in [1.54, 1.807) is 0 Å². The van der Waals surface area contributed by atoms with Crippen molar-refractivity contribution in [2.75, 3.05) is 5.73 Å². The molecule has 1 aromatic carbocycles. The van der Waals surface area contributed by atoms with E-state index in [1.807, 2.05) is 0 Å². The third-order valence-electron chi connectivity index (χ3n) is 2.41. The Kier molecular flexibility index (Phi) is 4.52. The van der Waals surface area contributed by atoms with Crippen LogP contribution in [0.5, 0.6) is 5.75 Å². The van der Waals surface area contributed by atoms with E-state index in [2.05, 4.69) is 16.3 Å². The molecule has 0 aromatic heterocycles. The molecule has 1 rings (SSSR count). The third kappa shape index (κ3) is 3.25. The molecule has 0 aliphatic rings. The SMILES string of the molecule is Nc1ccc(C(F)(C(F)(F)F)C(F)(F)Cl)cc1OC(F)F. The Bertz CT molecular complexity index is 499. The number of benzene rings is 1. The standard InChI is InChI=1S/C10H6ClF8NO/c11-9(15,16)8(14,10(17,18)19)4-1-2-5(20)6(3-4)21-7(12)13/h1-3,7H,20H2. The van der Waals surface area contributed by atoms with Crippen LogP contribution >= 0.6 is 11.6 Å². The molecule has 120 valence electrons. The molecule has 0 fully saturated rings. The van der Waals surface area contributed by atoms with E-state index >= 15 is 0 Å². The summed E-state index contributed by atoms with van der Waals surface area (Å²) in [4.78, 5) is 0. The molecule has 1 aromatic rings. The highest BCUT2D eigenvalue weighted by molar-refractivity contribution is 6.22. The fourth-order valence-electron chi connectivity index (χ4n) is 1.43. The van der Waals surface area contributed by atoms with Crippen LogP contribution in [-0.2, 0) is 5.67 Å². The molecule has 0 saturated carbocycles. The number of halogens is 9. The summed E-state index contributed by atoms with van der Waals surface area (Å²) in [5.74, 6) is -1.09. The summed E-state index contributed by atoms with van der Waals surface area (Å²) in [5, 5.41) is -5.39. The number of nitrogen functional groups attached to an aromatic ring is 1. The van der Waals surface area contributed by atoms with Crippen molar-refractivity contribution in [3.63, 3.8) is 0 Å². The van der Waals surface area contributed by atoms with Crippen LogP contribution in [0.3, 0.4) is 0 Å². The highest BCUT2D eigenvalue weighted by Crippen LogP contribution is 2.55. The zero-order valence-electron chi connectivity index (χ0n) is 9.70. The van der Waals surface area contributed by atoms with Gasteiger partial charge < -0.3 is 10.5 Å². The van der Waals surface area contributed by atoms with Crippen LogP contribution in [-0.4, -0.2) is 18.2 Å². The summed E-state index contributed by atoms with van der Waals surface area (Å²) in [6.07, 6.45) is -6.11. The highest BCUT2D eigenvalue weighted by atomic mass is 35.5.